The SMILES string of the molecule is CN=C(NCc1ccc(N(C)C)cc1C)NCc1ccnn1C. The second-order valence-corrected chi connectivity index (χ2v) is 5.73. The predicted molar refractivity (Wildman–Crippen MR) is 95.8 cm³/mol. The number of hydrogen-bond donors (Lipinski definition) is 2. The van der Waals surface area contributed by atoms with Crippen LogP contribution >= 0.6 is 0 Å². The van der Waals surface area contributed by atoms with E-state index in [-0.39, 0.29) is 0 Å². The third-order valence-corrected chi connectivity index (χ3v) is 3.87. The molecule has 1 aromatic carbocycles. The molecular weight excluding hydrogens is 288 g/mol. The normalized spacial score (nSPS) is 11.4. The minimum atomic E-state index is 0.689. The van der Waals surface area contributed by atoms with Crippen LogP contribution in [0.4, 0.5) is 5.69 Å². The first-order valence-corrected chi connectivity index (χ1v) is 7.69. The van der Waals surface area contributed by atoms with Gasteiger partial charge in [0, 0.05) is 46.6 Å². The standard InChI is InChI=1S/C17H26N6/c1-13-10-15(22(3)4)7-6-14(13)11-19-17(18-2)20-12-16-8-9-21-23(16)5/h6-10H,11-12H2,1-5H3,(H2,18,19,20). The number of aliphatic imine (C=N–C) groups is 1. The molecule has 2 rings (SSSR count). The molecule has 6 heteroatoms. The first-order chi connectivity index (χ1) is 11.0. The van der Waals surface area contributed by atoms with Gasteiger partial charge in [-0.3, -0.25) is 9.67 Å². The molecule has 1 aromatic heterocycles. The Morgan fingerprint density at radius 2 is 1.96 bits per heavy atom. The van der Waals surface area contributed by atoms with E-state index in [1.54, 1.807) is 13.2 Å². The molecule has 124 valence electrons. The zero-order chi connectivity index (χ0) is 16.8. The molecule has 23 heavy (non-hydrogen) atoms. The Labute approximate surface area is 138 Å². The number of aryl methyl sites for hydroxylation is 2. The van der Waals surface area contributed by atoms with E-state index in [1.165, 1.54) is 16.8 Å². The maximum Gasteiger partial charge on any atom is 0.191 e. The van der Waals surface area contributed by atoms with Gasteiger partial charge < -0.3 is 15.5 Å². The zero-order valence-corrected chi connectivity index (χ0v) is 14.6. The van der Waals surface area contributed by atoms with E-state index >= 15 is 0 Å². The van der Waals surface area contributed by atoms with Crippen molar-refractivity contribution in [1.82, 2.24) is 20.4 Å². The van der Waals surface area contributed by atoms with Gasteiger partial charge in [-0.05, 0) is 36.2 Å². The number of benzene rings is 1. The summed E-state index contributed by atoms with van der Waals surface area (Å²) in [6.45, 7) is 3.56. The molecule has 0 atom stereocenters. The lowest BCUT2D eigenvalue weighted by Crippen LogP contribution is -2.36. The molecule has 0 fully saturated rings. The first kappa shape index (κ1) is 16.9. The van der Waals surface area contributed by atoms with Crippen LogP contribution in [0, 0.1) is 6.92 Å². The van der Waals surface area contributed by atoms with E-state index < -0.39 is 0 Å². The lowest BCUT2D eigenvalue weighted by atomic mass is 10.1. The average molecular weight is 314 g/mol. The maximum atomic E-state index is 4.26. The summed E-state index contributed by atoms with van der Waals surface area (Å²) < 4.78 is 1.85. The second kappa shape index (κ2) is 7.67. The van der Waals surface area contributed by atoms with Crippen LogP contribution < -0.4 is 15.5 Å². The third-order valence-electron chi connectivity index (χ3n) is 3.87. The Morgan fingerprint density at radius 3 is 2.52 bits per heavy atom. The van der Waals surface area contributed by atoms with Gasteiger partial charge in [-0.2, -0.15) is 5.10 Å². The van der Waals surface area contributed by atoms with Crippen LogP contribution in [0.5, 0.6) is 0 Å². The minimum Gasteiger partial charge on any atom is -0.378 e. The number of nitrogens with zero attached hydrogens (tertiary/aromatic N) is 4. The summed E-state index contributed by atoms with van der Waals surface area (Å²) in [6, 6.07) is 8.48. The van der Waals surface area contributed by atoms with Crippen LogP contribution in [0.1, 0.15) is 16.8 Å². The lowest BCUT2D eigenvalue weighted by Gasteiger charge is -2.16. The van der Waals surface area contributed by atoms with Crippen molar-refractivity contribution in [2.24, 2.45) is 12.0 Å². The topological polar surface area (TPSA) is 57.5 Å². The van der Waals surface area contributed by atoms with Crippen LogP contribution in [-0.4, -0.2) is 36.9 Å². The number of aromatic nitrogens is 2. The van der Waals surface area contributed by atoms with Crippen molar-refractivity contribution < 1.29 is 0 Å². The van der Waals surface area contributed by atoms with E-state index in [1.807, 2.05) is 17.8 Å². The fraction of sp³-hybridized carbons (Fsp3) is 0.412. The van der Waals surface area contributed by atoms with E-state index in [0.717, 1.165) is 18.2 Å². The Balaban J connectivity index is 1.92. The van der Waals surface area contributed by atoms with Crippen molar-refractivity contribution in [1.29, 1.82) is 0 Å². The average Bonchev–Trinajstić information content (AvgIpc) is 2.93. The molecule has 1 heterocycles. The number of guanidine groups is 1. The molecular formula is C17H26N6. The predicted octanol–water partition coefficient (Wildman–Crippen LogP) is 1.66. The van der Waals surface area contributed by atoms with E-state index in [0.29, 0.717) is 6.54 Å². The highest BCUT2D eigenvalue weighted by Gasteiger charge is 2.04. The Morgan fingerprint density at radius 1 is 1.22 bits per heavy atom. The summed E-state index contributed by atoms with van der Waals surface area (Å²) in [4.78, 5) is 6.37. The maximum absolute atomic E-state index is 4.26. The van der Waals surface area contributed by atoms with Gasteiger partial charge in [-0.15, -0.1) is 0 Å². The van der Waals surface area contributed by atoms with Crippen molar-refractivity contribution in [3.05, 3.63) is 47.3 Å². The highest BCUT2D eigenvalue weighted by molar-refractivity contribution is 5.79. The quantitative estimate of drug-likeness (QED) is 0.651. The number of hydrogen-bond acceptors (Lipinski definition) is 3. The van der Waals surface area contributed by atoms with Gasteiger partial charge in [-0.25, -0.2) is 0 Å². The molecule has 2 aromatic rings. The lowest BCUT2D eigenvalue weighted by molar-refractivity contribution is 0.684. The number of nitrogens with one attached hydrogen (secondary N) is 2. The molecule has 0 bridgehead atoms. The van der Waals surface area contributed by atoms with Gasteiger partial charge in [0.1, 0.15) is 0 Å². The second-order valence-electron chi connectivity index (χ2n) is 5.73. The molecule has 6 nitrogen and oxygen atoms in total. The van der Waals surface area contributed by atoms with Crippen molar-refractivity contribution >= 4 is 11.6 Å². The van der Waals surface area contributed by atoms with Crippen LogP contribution in [0.15, 0.2) is 35.5 Å². The van der Waals surface area contributed by atoms with Crippen molar-refractivity contribution in [3.8, 4) is 0 Å². The fourth-order valence-electron chi connectivity index (χ4n) is 2.31. The summed E-state index contributed by atoms with van der Waals surface area (Å²) in [6.07, 6.45) is 1.79. The monoisotopic (exact) mass is 314 g/mol. The van der Waals surface area contributed by atoms with Crippen LogP contribution in [0.2, 0.25) is 0 Å². The highest BCUT2D eigenvalue weighted by Crippen LogP contribution is 2.17. The van der Waals surface area contributed by atoms with E-state index in [9.17, 15) is 0 Å². The molecule has 0 radical (unpaired) electrons. The first-order valence-electron chi connectivity index (χ1n) is 7.69. The van der Waals surface area contributed by atoms with Gasteiger partial charge in [0.2, 0.25) is 0 Å². The van der Waals surface area contributed by atoms with Crippen molar-refractivity contribution in [2.75, 3.05) is 26.0 Å². The van der Waals surface area contributed by atoms with Crippen LogP contribution in [-0.2, 0) is 20.1 Å². The molecule has 0 spiro atoms. The van der Waals surface area contributed by atoms with Gasteiger partial charge in [-0.1, -0.05) is 6.07 Å². The number of rotatable bonds is 5. The van der Waals surface area contributed by atoms with E-state index in [2.05, 4.69) is 64.8 Å². The van der Waals surface area contributed by atoms with Crippen molar-refractivity contribution in [3.63, 3.8) is 0 Å². The largest absolute Gasteiger partial charge is 0.378 e. The highest BCUT2D eigenvalue weighted by atomic mass is 15.3. The molecule has 0 saturated carbocycles. The molecule has 0 unspecified atom stereocenters. The fourth-order valence-corrected chi connectivity index (χ4v) is 2.31. The smallest absolute Gasteiger partial charge is 0.191 e. The zero-order valence-electron chi connectivity index (χ0n) is 14.6. The van der Waals surface area contributed by atoms with Gasteiger partial charge in [0.25, 0.3) is 0 Å². The summed E-state index contributed by atoms with van der Waals surface area (Å²) in [5.74, 6) is 0.780. The van der Waals surface area contributed by atoms with Crippen LogP contribution in [0.3, 0.4) is 0 Å². The van der Waals surface area contributed by atoms with Crippen LogP contribution in [0.25, 0.3) is 0 Å². The summed E-state index contributed by atoms with van der Waals surface area (Å²) in [7, 11) is 7.82. The third kappa shape index (κ3) is 4.48. The molecule has 0 saturated heterocycles. The Bertz CT molecular complexity index is 671. The van der Waals surface area contributed by atoms with Crippen molar-refractivity contribution in [2.45, 2.75) is 20.0 Å². The summed E-state index contributed by atoms with van der Waals surface area (Å²) in [5, 5.41) is 10.8. The molecule has 0 aliphatic heterocycles. The van der Waals surface area contributed by atoms with Gasteiger partial charge >= 0.3 is 0 Å². The molecule has 0 aliphatic rings. The van der Waals surface area contributed by atoms with E-state index in [4.69, 9.17) is 0 Å². The Hall–Kier alpha value is -2.50. The molecule has 2 N–H and O–H groups in total. The minimum absolute atomic E-state index is 0.689. The van der Waals surface area contributed by atoms with Gasteiger partial charge in [0.15, 0.2) is 5.96 Å². The summed E-state index contributed by atoms with van der Waals surface area (Å²) in [5.41, 5.74) is 4.86. The molecule has 0 aliphatic carbocycles. The molecule has 0 amide bonds. The van der Waals surface area contributed by atoms with Gasteiger partial charge in [0.05, 0.1) is 12.2 Å². The Kier molecular flexibility index (Phi) is 5.62. The summed E-state index contributed by atoms with van der Waals surface area (Å²) >= 11 is 0. The number of anilines is 1.